The summed E-state index contributed by atoms with van der Waals surface area (Å²) in [6, 6.07) is 5.91. The Labute approximate surface area is 126 Å². The van der Waals surface area contributed by atoms with Gasteiger partial charge in [-0.05, 0) is 36.2 Å². The second kappa shape index (κ2) is 6.01. The number of fused-ring (bicyclic) bond motifs is 1. The Bertz CT molecular complexity index is 653. The third kappa shape index (κ3) is 3.25. The van der Waals surface area contributed by atoms with Gasteiger partial charge in [0.15, 0.2) is 11.5 Å². The fraction of sp³-hybridized carbons (Fsp3) is 0.308. The lowest BCUT2D eigenvalue weighted by Crippen LogP contribution is -2.07. The predicted octanol–water partition coefficient (Wildman–Crippen LogP) is 2.26. The molecule has 3 rings (SSSR count). The number of ether oxygens (including phenoxy) is 3. The van der Waals surface area contributed by atoms with Gasteiger partial charge in [0.25, 0.3) is 0 Å². The summed E-state index contributed by atoms with van der Waals surface area (Å²) in [5, 5.41) is 3.15. The molecule has 0 atom stereocenters. The molecule has 1 aliphatic heterocycles. The summed E-state index contributed by atoms with van der Waals surface area (Å²) in [5.41, 5.74) is 1.01. The largest absolute Gasteiger partial charge is 0.464 e. The highest BCUT2D eigenvalue weighted by Crippen LogP contribution is 2.32. The van der Waals surface area contributed by atoms with Crippen LogP contribution < -0.4 is 19.5 Å². The third-order valence-corrected chi connectivity index (χ3v) is 2.92. The molecule has 0 unspecified atom stereocenters. The van der Waals surface area contributed by atoms with Crippen LogP contribution in [0.25, 0.3) is 0 Å². The van der Waals surface area contributed by atoms with Crippen LogP contribution in [-0.2, 0) is 6.54 Å². The maximum Gasteiger partial charge on any atom is 0.322 e. The Kier molecular flexibility index (Phi) is 3.92. The molecule has 0 radical (unpaired) electrons. The van der Waals surface area contributed by atoms with Crippen molar-refractivity contribution < 1.29 is 14.2 Å². The average Bonchev–Trinajstić information content (AvgIpc) is 2.92. The van der Waals surface area contributed by atoms with Crippen molar-refractivity contribution in [3.8, 4) is 17.5 Å². The van der Waals surface area contributed by atoms with Gasteiger partial charge in [-0.2, -0.15) is 15.0 Å². The Hall–Kier alpha value is -2.28. The molecule has 1 aromatic carbocycles. The Balaban J connectivity index is 1.69. The second-order valence-electron chi connectivity index (χ2n) is 4.18. The number of aromatic nitrogens is 3. The van der Waals surface area contributed by atoms with Gasteiger partial charge in [-0.25, -0.2) is 0 Å². The minimum Gasteiger partial charge on any atom is -0.464 e. The quantitative estimate of drug-likeness (QED) is 0.907. The number of nitrogens with one attached hydrogen (secondary N) is 1. The minimum absolute atomic E-state index is 0.0848. The fourth-order valence-corrected chi connectivity index (χ4v) is 1.99. The summed E-state index contributed by atoms with van der Waals surface area (Å²) in [6.07, 6.45) is 0. The zero-order valence-electron chi connectivity index (χ0n) is 11.3. The van der Waals surface area contributed by atoms with E-state index >= 15 is 0 Å². The summed E-state index contributed by atoms with van der Waals surface area (Å²) in [7, 11) is 0. The van der Waals surface area contributed by atoms with Crippen molar-refractivity contribution >= 4 is 17.5 Å². The molecule has 0 fully saturated rings. The molecule has 0 saturated carbocycles. The molecule has 0 bridgehead atoms. The minimum atomic E-state index is 0.0848. The molecule has 1 aromatic heterocycles. The first-order valence-corrected chi connectivity index (χ1v) is 6.79. The highest BCUT2D eigenvalue weighted by Gasteiger charge is 2.13. The van der Waals surface area contributed by atoms with Crippen LogP contribution in [0.5, 0.6) is 17.5 Å². The molecule has 1 aliphatic rings. The molecule has 2 heterocycles. The lowest BCUT2D eigenvalue weighted by atomic mass is 10.2. The molecule has 21 heavy (non-hydrogen) atoms. The van der Waals surface area contributed by atoms with Crippen LogP contribution in [0.2, 0.25) is 5.28 Å². The molecule has 7 nitrogen and oxygen atoms in total. The number of anilines is 1. The van der Waals surface area contributed by atoms with Gasteiger partial charge in [0, 0.05) is 6.54 Å². The third-order valence-electron chi connectivity index (χ3n) is 2.75. The van der Waals surface area contributed by atoms with Gasteiger partial charge < -0.3 is 19.5 Å². The van der Waals surface area contributed by atoms with Crippen LogP contribution in [0, 0.1) is 0 Å². The van der Waals surface area contributed by atoms with E-state index in [-0.39, 0.29) is 18.1 Å². The van der Waals surface area contributed by atoms with Crippen molar-refractivity contribution in [3.63, 3.8) is 0 Å². The van der Waals surface area contributed by atoms with E-state index in [1.54, 1.807) is 0 Å². The first-order chi connectivity index (χ1) is 10.2. The van der Waals surface area contributed by atoms with Gasteiger partial charge in [0.2, 0.25) is 18.0 Å². The maximum absolute atomic E-state index is 5.83. The number of nitrogens with zero attached hydrogens (tertiary/aromatic N) is 3. The lowest BCUT2D eigenvalue weighted by Gasteiger charge is -2.07. The summed E-state index contributed by atoms with van der Waals surface area (Å²) < 4.78 is 15.8. The Morgan fingerprint density at radius 1 is 1.24 bits per heavy atom. The van der Waals surface area contributed by atoms with Gasteiger partial charge in [-0.1, -0.05) is 6.07 Å². The zero-order chi connectivity index (χ0) is 14.7. The molecule has 8 heteroatoms. The molecule has 0 aliphatic carbocycles. The smallest absolute Gasteiger partial charge is 0.322 e. The molecular formula is C13H13ClN4O3. The maximum atomic E-state index is 5.83. The normalized spacial score (nSPS) is 12.3. The Morgan fingerprint density at radius 2 is 2.10 bits per heavy atom. The lowest BCUT2D eigenvalue weighted by molar-refractivity contribution is 0.174. The molecule has 0 amide bonds. The number of benzene rings is 1. The number of hydrogen-bond donors (Lipinski definition) is 1. The number of rotatable bonds is 5. The summed E-state index contributed by atoms with van der Waals surface area (Å²) in [4.78, 5) is 12.0. The van der Waals surface area contributed by atoms with Crippen LogP contribution in [0.4, 0.5) is 5.95 Å². The highest BCUT2D eigenvalue weighted by molar-refractivity contribution is 6.28. The summed E-state index contributed by atoms with van der Waals surface area (Å²) >= 11 is 5.83. The van der Waals surface area contributed by atoms with Crippen LogP contribution in [0.1, 0.15) is 12.5 Å². The first-order valence-electron chi connectivity index (χ1n) is 6.41. The van der Waals surface area contributed by atoms with E-state index in [2.05, 4.69) is 20.3 Å². The van der Waals surface area contributed by atoms with E-state index in [0.717, 1.165) is 17.1 Å². The van der Waals surface area contributed by atoms with E-state index in [9.17, 15) is 0 Å². The van der Waals surface area contributed by atoms with Gasteiger partial charge in [-0.15, -0.1) is 0 Å². The van der Waals surface area contributed by atoms with Gasteiger partial charge in [0.1, 0.15) is 0 Å². The van der Waals surface area contributed by atoms with Crippen LogP contribution in [-0.4, -0.2) is 28.4 Å². The van der Waals surface area contributed by atoms with Crippen LogP contribution in [0.3, 0.4) is 0 Å². The van der Waals surface area contributed by atoms with Crippen molar-refractivity contribution in [2.45, 2.75) is 13.5 Å². The standard InChI is InChI=1S/C13H13ClN4O3/c1-2-19-13-17-11(14)16-12(18-13)15-6-8-3-4-9-10(5-8)21-7-20-9/h3-5H,2,6-7H2,1H3,(H,15,16,17,18). The monoisotopic (exact) mass is 308 g/mol. The predicted molar refractivity (Wildman–Crippen MR) is 75.9 cm³/mol. The highest BCUT2D eigenvalue weighted by atomic mass is 35.5. The molecule has 110 valence electrons. The number of hydrogen-bond acceptors (Lipinski definition) is 7. The fourth-order valence-electron chi connectivity index (χ4n) is 1.84. The van der Waals surface area contributed by atoms with Crippen molar-refractivity contribution in [2.24, 2.45) is 0 Å². The van der Waals surface area contributed by atoms with Crippen molar-refractivity contribution in [3.05, 3.63) is 29.0 Å². The molecule has 2 aromatic rings. The number of halogens is 1. The second-order valence-corrected chi connectivity index (χ2v) is 4.52. The van der Waals surface area contributed by atoms with Crippen molar-refractivity contribution in [2.75, 3.05) is 18.7 Å². The van der Waals surface area contributed by atoms with Crippen LogP contribution >= 0.6 is 11.6 Å². The van der Waals surface area contributed by atoms with Crippen molar-refractivity contribution in [1.29, 1.82) is 0 Å². The van der Waals surface area contributed by atoms with Gasteiger partial charge >= 0.3 is 6.01 Å². The first kappa shape index (κ1) is 13.7. The zero-order valence-corrected chi connectivity index (χ0v) is 12.1. The summed E-state index contributed by atoms with van der Waals surface area (Å²) in [5.74, 6) is 1.84. The average molecular weight is 309 g/mol. The Morgan fingerprint density at radius 3 is 2.95 bits per heavy atom. The molecule has 1 N–H and O–H groups in total. The van der Waals surface area contributed by atoms with E-state index in [1.807, 2.05) is 25.1 Å². The van der Waals surface area contributed by atoms with E-state index in [1.165, 1.54) is 0 Å². The molecule has 0 saturated heterocycles. The molecule has 0 spiro atoms. The van der Waals surface area contributed by atoms with E-state index < -0.39 is 0 Å². The van der Waals surface area contributed by atoms with E-state index in [4.69, 9.17) is 25.8 Å². The summed E-state index contributed by atoms with van der Waals surface area (Å²) in [6.45, 7) is 3.08. The molecular weight excluding hydrogens is 296 g/mol. The van der Waals surface area contributed by atoms with Crippen molar-refractivity contribution in [1.82, 2.24) is 15.0 Å². The SMILES string of the molecule is CCOc1nc(Cl)nc(NCc2ccc3c(c2)OCO3)n1. The van der Waals surface area contributed by atoms with Gasteiger partial charge in [0.05, 0.1) is 6.61 Å². The topological polar surface area (TPSA) is 78.4 Å². The van der Waals surface area contributed by atoms with E-state index in [0.29, 0.717) is 19.1 Å². The van der Waals surface area contributed by atoms with Gasteiger partial charge in [-0.3, -0.25) is 0 Å². The van der Waals surface area contributed by atoms with Crippen LogP contribution in [0.15, 0.2) is 18.2 Å².